The summed E-state index contributed by atoms with van der Waals surface area (Å²) in [7, 11) is 2.56. The Morgan fingerprint density at radius 1 is 0.667 bits per heavy atom. The molecule has 0 radical (unpaired) electrons. The number of carbonyl (C=O) groups excluding carboxylic acids is 4. The third-order valence-electron chi connectivity index (χ3n) is 7.56. The van der Waals surface area contributed by atoms with Crippen molar-refractivity contribution >= 4 is 23.9 Å². The van der Waals surface area contributed by atoms with Crippen molar-refractivity contribution in [2.75, 3.05) is 86.3 Å². The molecule has 1 aliphatic rings. The van der Waals surface area contributed by atoms with Gasteiger partial charge in [-0.25, -0.2) is 0 Å². The van der Waals surface area contributed by atoms with Gasteiger partial charge in [-0.3, -0.25) is 38.8 Å². The second-order valence-corrected chi connectivity index (χ2v) is 13.9. The van der Waals surface area contributed by atoms with Gasteiger partial charge < -0.3 is 23.7 Å². The molecule has 1 aromatic rings. The number of carbonyl (C=O) groups is 4. The van der Waals surface area contributed by atoms with E-state index in [0.29, 0.717) is 65.5 Å². The third-order valence-corrected chi connectivity index (χ3v) is 7.56. The van der Waals surface area contributed by atoms with Crippen molar-refractivity contribution < 1.29 is 42.9 Å². The Morgan fingerprint density at radius 3 is 1.54 bits per heavy atom. The molecule has 0 amide bonds. The highest BCUT2D eigenvalue weighted by molar-refractivity contribution is 5.82. The van der Waals surface area contributed by atoms with Gasteiger partial charge in [0.25, 0.3) is 0 Å². The molecule has 2 rings (SSSR count). The molecule has 1 atom stereocenters. The largest absolute Gasteiger partial charge is 0.494 e. The molecule has 0 aromatic heterocycles. The van der Waals surface area contributed by atoms with Crippen LogP contribution in [0.3, 0.4) is 0 Å². The quantitative estimate of drug-likeness (QED) is 0.238. The van der Waals surface area contributed by atoms with Crippen LogP contribution in [0.5, 0.6) is 5.75 Å². The van der Waals surface area contributed by atoms with E-state index in [2.05, 4.69) is 4.90 Å². The summed E-state index contributed by atoms with van der Waals surface area (Å²) in [5.41, 5.74) is -0.162. The molecule has 1 saturated heterocycles. The molecule has 0 bridgehead atoms. The standard InChI is InChI=1S/C35H58N4O9/c1-10-46-28-13-11-27(12-14-28)24-36-15-17-37(25-31(41)47-34(2,3)4)19-21-39(29(33(43)45-9)23-30(40)44-8)22-20-38(18-16-36)26-32(42)48-35(5,6)7/h11-14,29H,10,15-26H2,1-9H3. The van der Waals surface area contributed by atoms with E-state index in [1.54, 1.807) is 0 Å². The van der Waals surface area contributed by atoms with E-state index in [-0.39, 0.29) is 31.4 Å². The fourth-order valence-electron chi connectivity index (χ4n) is 5.31. The molecule has 0 saturated carbocycles. The SMILES string of the molecule is CCOc1ccc(CN2CCN(CC(=O)OC(C)(C)C)CCN(C(CC(=O)OC)C(=O)OC)CCN(CC(=O)OC(C)(C)C)CC2)cc1. The minimum absolute atomic E-state index is 0.0622. The first kappa shape index (κ1) is 40.9. The van der Waals surface area contributed by atoms with Gasteiger partial charge in [-0.1, -0.05) is 12.1 Å². The summed E-state index contributed by atoms with van der Waals surface area (Å²) in [6.45, 7) is 18.2. The lowest BCUT2D eigenvalue weighted by atomic mass is 10.1. The molecule has 1 aromatic carbocycles. The van der Waals surface area contributed by atoms with Gasteiger partial charge in [0, 0.05) is 58.9 Å². The summed E-state index contributed by atoms with van der Waals surface area (Å²) in [6.07, 6.45) is -0.197. The maximum Gasteiger partial charge on any atom is 0.323 e. The molecule has 0 aliphatic carbocycles. The second-order valence-electron chi connectivity index (χ2n) is 13.9. The first-order valence-electron chi connectivity index (χ1n) is 16.7. The Morgan fingerprint density at radius 2 is 1.12 bits per heavy atom. The summed E-state index contributed by atoms with van der Waals surface area (Å²) in [5.74, 6) is -0.989. The molecule has 0 spiro atoms. The zero-order valence-corrected chi connectivity index (χ0v) is 30.5. The first-order valence-corrected chi connectivity index (χ1v) is 16.7. The number of hydrogen-bond donors (Lipinski definition) is 0. The Hall–Kier alpha value is -3.26. The third kappa shape index (κ3) is 16.2. The number of rotatable bonds is 12. The van der Waals surface area contributed by atoms with Crippen molar-refractivity contribution in [2.24, 2.45) is 0 Å². The number of esters is 4. The highest BCUT2D eigenvalue weighted by atomic mass is 16.6. The lowest BCUT2D eigenvalue weighted by Gasteiger charge is -2.36. The number of methoxy groups -OCH3 is 2. The number of nitrogens with zero attached hydrogens (tertiary/aromatic N) is 4. The summed E-state index contributed by atoms with van der Waals surface area (Å²) in [6, 6.07) is 7.10. The average molecular weight is 679 g/mol. The average Bonchev–Trinajstić information content (AvgIpc) is 2.98. The van der Waals surface area contributed by atoms with Crippen molar-refractivity contribution in [1.29, 1.82) is 0 Å². The summed E-state index contributed by atoms with van der Waals surface area (Å²) < 4.78 is 26.9. The molecule has 1 aliphatic heterocycles. The normalized spacial score (nSPS) is 17.4. The highest BCUT2D eigenvalue weighted by Gasteiger charge is 2.32. The molecule has 1 heterocycles. The van der Waals surface area contributed by atoms with Crippen LogP contribution in [0.2, 0.25) is 0 Å². The minimum Gasteiger partial charge on any atom is -0.494 e. The minimum atomic E-state index is -0.909. The topological polar surface area (TPSA) is 127 Å². The maximum absolute atomic E-state index is 13.0. The van der Waals surface area contributed by atoms with Crippen molar-refractivity contribution in [3.8, 4) is 5.75 Å². The van der Waals surface area contributed by atoms with E-state index >= 15 is 0 Å². The van der Waals surface area contributed by atoms with Crippen LogP contribution in [0.1, 0.15) is 60.5 Å². The fraction of sp³-hybridized carbons (Fsp3) is 0.714. The van der Waals surface area contributed by atoms with Crippen LogP contribution >= 0.6 is 0 Å². The van der Waals surface area contributed by atoms with E-state index in [0.717, 1.165) is 11.3 Å². The Labute approximate surface area is 286 Å². The van der Waals surface area contributed by atoms with Gasteiger partial charge in [0.15, 0.2) is 0 Å². The smallest absolute Gasteiger partial charge is 0.323 e. The molecule has 1 fully saturated rings. The van der Waals surface area contributed by atoms with E-state index in [4.69, 9.17) is 23.7 Å². The summed E-state index contributed by atoms with van der Waals surface area (Å²) in [4.78, 5) is 59.5. The zero-order valence-electron chi connectivity index (χ0n) is 30.5. The van der Waals surface area contributed by atoms with Crippen LogP contribution in [-0.4, -0.2) is 147 Å². The van der Waals surface area contributed by atoms with Crippen LogP contribution in [-0.2, 0) is 44.7 Å². The molecule has 13 heteroatoms. The van der Waals surface area contributed by atoms with Gasteiger partial charge in [-0.15, -0.1) is 0 Å². The Bertz CT molecular complexity index is 1120. The van der Waals surface area contributed by atoms with Crippen LogP contribution < -0.4 is 4.74 Å². The first-order chi connectivity index (χ1) is 22.5. The molecule has 272 valence electrons. The highest BCUT2D eigenvalue weighted by Crippen LogP contribution is 2.16. The van der Waals surface area contributed by atoms with Crippen LogP contribution in [0.25, 0.3) is 0 Å². The predicted molar refractivity (Wildman–Crippen MR) is 181 cm³/mol. The molecular formula is C35H58N4O9. The second kappa shape index (κ2) is 19.7. The molecular weight excluding hydrogens is 620 g/mol. The summed E-state index contributed by atoms with van der Waals surface area (Å²) >= 11 is 0. The molecule has 48 heavy (non-hydrogen) atoms. The number of benzene rings is 1. The van der Waals surface area contributed by atoms with E-state index < -0.39 is 29.2 Å². The van der Waals surface area contributed by atoms with Gasteiger partial charge in [0.2, 0.25) is 0 Å². The van der Waals surface area contributed by atoms with Crippen LogP contribution in [0.4, 0.5) is 0 Å². The maximum atomic E-state index is 13.0. The zero-order chi connectivity index (χ0) is 35.9. The lowest BCUT2D eigenvalue weighted by molar-refractivity contribution is -0.157. The summed E-state index contributed by atoms with van der Waals surface area (Å²) in [5, 5.41) is 0. The Balaban J connectivity index is 2.41. The molecule has 13 nitrogen and oxygen atoms in total. The van der Waals surface area contributed by atoms with Crippen molar-refractivity contribution in [3.63, 3.8) is 0 Å². The van der Waals surface area contributed by atoms with E-state index in [1.807, 2.05) is 87.4 Å². The van der Waals surface area contributed by atoms with Gasteiger partial charge in [-0.2, -0.15) is 0 Å². The van der Waals surface area contributed by atoms with Gasteiger partial charge in [0.1, 0.15) is 23.0 Å². The Kier molecular flexibility index (Phi) is 16.8. The number of hydrogen-bond acceptors (Lipinski definition) is 13. The lowest BCUT2D eigenvalue weighted by Crippen LogP contribution is -2.52. The van der Waals surface area contributed by atoms with E-state index in [1.165, 1.54) is 14.2 Å². The van der Waals surface area contributed by atoms with Crippen molar-refractivity contribution in [2.45, 2.75) is 78.7 Å². The number of ether oxygens (including phenoxy) is 5. The van der Waals surface area contributed by atoms with Crippen LogP contribution in [0.15, 0.2) is 24.3 Å². The van der Waals surface area contributed by atoms with Crippen LogP contribution in [0, 0.1) is 0 Å². The molecule has 0 N–H and O–H groups in total. The van der Waals surface area contributed by atoms with Gasteiger partial charge >= 0.3 is 23.9 Å². The predicted octanol–water partition coefficient (Wildman–Crippen LogP) is 2.60. The monoisotopic (exact) mass is 678 g/mol. The van der Waals surface area contributed by atoms with Crippen molar-refractivity contribution in [3.05, 3.63) is 29.8 Å². The van der Waals surface area contributed by atoms with Crippen molar-refractivity contribution in [1.82, 2.24) is 19.6 Å². The van der Waals surface area contributed by atoms with E-state index in [9.17, 15) is 19.2 Å². The fourth-order valence-corrected chi connectivity index (χ4v) is 5.31. The molecule has 1 unspecified atom stereocenters. The van der Waals surface area contributed by atoms with Gasteiger partial charge in [0.05, 0.1) is 40.3 Å². The van der Waals surface area contributed by atoms with Gasteiger partial charge in [-0.05, 0) is 66.2 Å².